The first kappa shape index (κ1) is 19.6. The molecule has 2 N–H and O–H groups in total. The van der Waals surface area contributed by atoms with Crippen molar-refractivity contribution in [3.63, 3.8) is 0 Å². The molecule has 1 atom stereocenters. The lowest BCUT2D eigenvalue weighted by Crippen LogP contribution is -2.57. The fourth-order valence-corrected chi connectivity index (χ4v) is 2.22. The van der Waals surface area contributed by atoms with E-state index in [-0.39, 0.29) is 19.1 Å². The Morgan fingerprint density at radius 3 is 2.38 bits per heavy atom. The number of nitrogens with zero attached hydrogens (tertiary/aromatic N) is 1. The molecule has 0 bridgehead atoms. The molecule has 0 aromatic heterocycles. The second kappa shape index (κ2) is 9.02. The van der Waals surface area contributed by atoms with Crippen molar-refractivity contribution in [3.8, 4) is 0 Å². The van der Waals surface area contributed by atoms with Gasteiger partial charge in [0.2, 0.25) is 11.8 Å². The Balaban J connectivity index is 2.65. The zero-order valence-corrected chi connectivity index (χ0v) is 14.2. The summed E-state index contributed by atoms with van der Waals surface area (Å²) in [7, 11) is 1.36. The molecule has 7 nitrogen and oxygen atoms in total. The number of ether oxygens (including phenoxy) is 1. The quantitative estimate of drug-likeness (QED) is 0.691. The van der Waals surface area contributed by atoms with Crippen LogP contribution in [0.25, 0.3) is 0 Å². The number of rotatable bonds is 9. The summed E-state index contributed by atoms with van der Waals surface area (Å²) < 4.78 is 4.85. The van der Waals surface area contributed by atoms with Gasteiger partial charge in [-0.1, -0.05) is 30.3 Å². The minimum atomic E-state index is -1.53. The van der Waals surface area contributed by atoms with Crippen LogP contribution in [-0.2, 0) is 25.5 Å². The van der Waals surface area contributed by atoms with Gasteiger partial charge in [0.05, 0.1) is 13.2 Å². The van der Waals surface area contributed by atoms with Crippen LogP contribution in [0.15, 0.2) is 30.3 Å². The lowest BCUT2D eigenvalue weighted by atomic mass is 10.0. The topological polar surface area (TPSA) is 95.9 Å². The average Bonchev–Trinajstić information content (AvgIpc) is 2.52. The second-order valence-corrected chi connectivity index (χ2v) is 5.79. The molecular formula is C17H24N2O5. The number of carbonyl (C=O) groups is 3. The van der Waals surface area contributed by atoms with Crippen molar-refractivity contribution >= 4 is 17.8 Å². The summed E-state index contributed by atoms with van der Waals surface area (Å²) in [5.41, 5.74) is -0.479. The minimum Gasteiger partial charge on any atom is -0.479 e. The van der Waals surface area contributed by atoms with Gasteiger partial charge in [0.1, 0.15) is 0 Å². The van der Waals surface area contributed by atoms with E-state index in [9.17, 15) is 19.5 Å². The monoisotopic (exact) mass is 336 g/mol. The molecule has 1 aromatic carbocycles. The maximum Gasteiger partial charge on any atom is 0.331 e. The van der Waals surface area contributed by atoms with E-state index in [4.69, 9.17) is 4.74 Å². The second-order valence-electron chi connectivity index (χ2n) is 5.79. The van der Waals surface area contributed by atoms with Gasteiger partial charge in [-0.15, -0.1) is 0 Å². The van der Waals surface area contributed by atoms with E-state index >= 15 is 0 Å². The molecule has 0 aliphatic carbocycles. The molecule has 1 aromatic rings. The van der Waals surface area contributed by atoms with Gasteiger partial charge in [-0.3, -0.25) is 9.59 Å². The predicted octanol–water partition coefficient (Wildman–Crippen LogP) is 0.683. The fourth-order valence-electron chi connectivity index (χ4n) is 2.22. The van der Waals surface area contributed by atoms with Crippen molar-refractivity contribution in [2.24, 2.45) is 0 Å². The zero-order valence-electron chi connectivity index (χ0n) is 14.2. The summed E-state index contributed by atoms with van der Waals surface area (Å²) >= 11 is 0. The number of carbonyl (C=O) groups excluding carboxylic acids is 2. The summed E-state index contributed by atoms with van der Waals surface area (Å²) in [6.07, 6.45) is 0.613. The van der Waals surface area contributed by atoms with Gasteiger partial charge >= 0.3 is 5.97 Å². The lowest BCUT2D eigenvalue weighted by molar-refractivity contribution is -0.149. The highest BCUT2D eigenvalue weighted by Gasteiger charge is 2.35. The average molecular weight is 336 g/mol. The van der Waals surface area contributed by atoms with E-state index in [2.05, 4.69) is 5.32 Å². The van der Waals surface area contributed by atoms with Gasteiger partial charge in [0, 0.05) is 20.6 Å². The van der Waals surface area contributed by atoms with Crippen LogP contribution in [-0.4, -0.2) is 60.1 Å². The predicted molar refractivity (Wildman–Crippen MR) is 88.5 cm³/mol. The summed E-state index contributed by atoms with van der Waals surface area (Å²) in [6.45, 7) is 2.75. The molecule has 0 aliphatic rings. The molecule has 0 aliphatic heterocycles. The normalized spacial score (nSPS) is 13.0. The highest BCUT2D eigenvalue weighted by atomic mass is 16.5. The van der Waals surface area contributed by atoms with E-state index in [1.54, 1.807) is 0 Å². The number of hydrogen-bond acceptors (Lipinski definition) is 4. The Labute approximate surface area is 141 Å². The molecule has 132 valence electrons. The lowest BCUT2D eigenvalue weighted by Gasteiger charge is -2.27. The van der Waals surface area contributed by atoms with Gasteiger partial charge in [-0.25, -0.2) is 4.79 Å². The fraction of sp³-hybridized carbons (Fsp3) is 0.471. The number of methoxy groups -OCH3 is 1. The van der Waals surface area contributed by atoms with Crippen LogP contribution in [0.2, 0.25) is 0 Å². The summed E-state index contributed by atoms with van der Waals surface area (Å²) in [5.74, 6) is -1.98. The van der Waals surface area contributed by atoms with E-state index in [0.29, 0.717) is 13.0 Å². The molecule has 1 rings (SSSR count). The molecule has 0 fully saturated rings. The van der Waals surface area contributed by atoms with Crippen LogP contribution >= 0.6 is 0 Å². The van der Waals surface area contributed by atoms with E-state index in [0.717, 1.165) is 5.56 Å². The number of carboxylic acids is 1. The Morgan fingerprint density at radius 2 is 1.88 bits per heavy atom. The Morgan fingerprint density at radius 1 is 1.25 bits per heavy atom. The van der Waals surface area contributed by atoms with Crippen molar-refractivity contribution in [1.82, 2.24) is 10.2 Å². The summed E-state index contributed by atoms with van der Waals surface area (Å²) in [4.78, 5) is 36.6. The first-order valence-electron chi connectivity index (χ1n) is 7.61. The van der Waals surface area contributed by atoms with Crippen LogP contribution in [0.5, 0.6) is 0 Å². The maximum absolute atomic E-state index is 12.1. The number of aliphatic carboxylic acids is 1. The number of amides is 2. The minimum absolute atomic E-state index is 0.168. The first-order valence-corrected chi connectivity index (χ1v) is 7.61. The van der Waals surface area contributed by atoms with E-state index < -0.39 is 17.4 Å². The van der Waals surface area contributed by atoms with Gasteiger partial charge < -0.3 is 20.1 Å². The highest BCUT2D eigenvalue weighted by molar-refractivity contribution is 5.89. The van der Waals surface area contributed by atoms with Gasteiger partial charge in [-0.2, -0.15) is 0 Å². The molecule has 0 saturated heterocycles. The first-order chi connectivity index (χ1) is 11.3. The standard InChI is InChI=1S/C17H24N2O5/c1-13(20)19(10-9-14-7-5-4-6-8-14)11-15(21)18-17(2,12-24-3)16(22)23/h4-8H,9-12H2,1-3H3,(H,18,21)(H,22,23). The van der Waals surface area contributed by atoms with Crippen LogP contribution in [0.4, 0.5) is 0 Å². The van der Waals surface area contributed by atoms with Crippen LogP contribution < -0.4 is 5.32 Å². The zero-order chi connectivity index (χ0) is 18.2. The van der Waals surface area contributed by atoms with E-state index in [1.165, 1.54) is 25.9 Å². The summed E-state index contributed by atoms with van der Waals surface area (Å²) in [5, 5.41) is 11.7. The third-order valence-corrected chi connectivity index (χ3v) is 3.61. The Bertz CT molecular complexity index is 576. The molecule has 2 amide bonds. The van der Waals surface area contributed by atoms with Gasteiger partial charge in [-0.05, 0) is 18.9 Å². The van der Waals surface area contributed by atoms with Crippen molar-refractivity contribution in [2.45, 2.75) is 25.8 Å². The van der Waals surface area contributed by atoms with Crippen LogP contribution in [0.3, 0.4) is 0 Å². The highest BCUT2D eigenvalue weighted by Crippen LogP contribution is 2.06. The molecule has 0 spiro atoms. The largest absolute Gasteiger partial charge is 0.479 e. The van der Waals surface area contributed by atoms with Crippen LogP contribution in [0, 0.1) is 0 Å². The number of benzene rings is 1. The Hall–Kier alpha value is -2.41. The molecular weight excluding hydrogens is 312 g/mol. The molecule has 24 heavy (non-hydrogen) atoms. The van der Waals surface area contributed by atoms with Crippen molar-refractivity contribution in [2.75, 3.05) is 26.8 Å². The maximum atomic E-state index is 12.1. The SMILES string of the molecule is COCC(C)(NC(=O)CN(CCc1ccccc1)C(C)=O)C(=O)O. The molecule has 1 unspecified atom stereocenters. The van der Waals surface area contributed by atoms with Crippen molar-refractivity contribution in [3.05, 3.63) is 35.9 Å². The van der Waals surface area contributed by atoms with E-state index in [1.807, 2.05) is 30.3 Å². The van der Waals surface area contributed by atoms with Crippen LogP contribution in [0.1, 0.15) is 19.4 Å². The van der Waals surface area contributed by atoms with Crippen molar-refractivity contribution in [1.29, 1.82) is 0 Å². The third kappa shape index (κ3) is 6.00. The number of hydrogen-bond donors (Lipinski definition) is 2. The Kier molecular flexibility index (Phi) is 7.38. The van der Waals surface area contributed by atoms with Gasteiger partial charge in [0.25, 0.3) is 0 Å². The smallest absolute Gasteiger partial charge is 0.331 e. The molecule has 0 saturated carbocycles. The van der Waals surface area contributed by atoms with Gasteiger partial charge in [0.15, 0.2) is 5.54 Å². The summed E-state index contributed by atoms with van der Waals surface area (Å²) in [6, 6.07) is 9.60. The number of nitrogens with one attached hydrogen (secondary N) is 1. The molecule has 7 heteroatoms. The number of carboxylic acid groups (broad SMARTS) is 1. The van der Waals surface area contributed by atoms with Crippen molar-refractivity contribution < 1.29 is 24.2 Å². The molecule has 0 heterocycles. The third-order valence-electron chi connectivity index (χ3n) is 3.61. The molecule has 0 radical (unpaired) electrons.